The molecule has 0 aromatic heterocycles. The highest BCUT2D eigenvalue weighted by molar-refractivity contribution is 9.10. The van der Waals surface area contributed by atoms with Crippen molar-refractivity contribution in [3.63, 3.8) is 0 Å². The molecular formula is C108H113B3Br2N2O2. The SMILES string of the molecule is CC(C)c1cc(C(C)C)c(B2c3ccccc3Cc3ccccc32)c(C(C)C)c1.CC(C)c1cc(C(C)C)c(B2c3ccccc3N(c3ccc(C(=O)c4ccc(N5c6ccccc6B(c6c(C(C)C)cc(C(C)C)cc6C(C)C)c6ccccc65)cc4)cc3)c3ccccc32)c(C(C)C)c1.O=C(c1ccc(Br)cc1)c1ccc(Br)cc1.[2HH]. The van der Waals surface area contributed by atoms with E-state index in [1.165, 1.54) is 128 Å². The molecule has 3 heterocycles. The number of nitrogens with zero attached hydrogens (tertiary/aromatic N) is 2. The van der Waals surface area contributed by atoms with Crippen molar-refractivity contribution < 1.29 is 11.0 Å². The van der Waals surface area contributed by atoms with Crippen molar-refractivity contribution in [1.82, 2.24) is 0 Å². The van der Waals surface area contributed by atoms with Crippen LogP contribution in [0, 0.1) is 0 Å². The van der Waals surface area contributed by atoms with Gasteiger partial charge in [-0.25, -0.2) is 0 Å². The fourth-order valence-electron chi connectivity index (χ4n) is 18.2. The van der Waals surface area contributed by atoms with E-state index in [-0.39, 0.29) is 26.4 Å². The van der Waals surface area contributed by atoms with Crippen LogP contribution in [0.25, 0.3) is 0 Å². The summed E-state index contributed by atoms with van der Waals surface area (Å²) in [6.07, 6.45) is 1.04. The first-order valence-electron chi connectivity index (χ1n) is 42.6. The largest absolute Gasteiger partial charge is 0.312 e. The van der Waals surface area contributed by atoms with Gasteiger partial charge in [-0.15, -0.1) is 0 Å². The highest BCUT2D eigenvalue weighted by atomic mass is 79.9. The van der Waals surface area contributed by atoms with Gasteiger partial charge in [0.2, 0.25) is 20.1 Å². The van der Waals surface area contributed by atoms with Crippen molar-refractivity contribution in [2.75, 3.05) is 9.80 Å². The molecule has 590 valence electrons. The summed E-state index contributed by atoms with van der Waals surface area (Å²) in [5.74, 6) is 3.98. The Balaban J connectivity index is 0.000000212. The number of carbonyl (C=O) groups is 2. The number of fused-ring (bicyclic) bond motifs is 6. The third kappa shape index (κ3) is 16.9. The summed E-state index contributed by atoms with van der Waals surface area (Å²) in [6, 6.07) is 100. The molecule has 0 aliphatic carbocycles. The Hall–Kier alpha value is -10.0. The van der Waals surface area contributed by atoms with Crippen molar-refractivity contribution in [3.05, 3.63) is 371 Å². The normalized spacial score (nSPS) is 12.7. The minimum atomic E-state index is 0. The molecule has 0 saturated carbocycles. The van der Waals surface area contributed by atoms with Crippen molar-refractivity contribution in [2.24, 2.45) is 0 Å². The maximum absolute atomic E-state index is 14.5. The highest BCUT2D eigenvalue weighted by Gasteiger charge is 2.42. The van der Waals surface area contributed by atoms with E-state index in [9.17, 15) is 9.59 Å². The first-order chi connectivity index (χ1) is 56.2. The quantitative estimate of drug-likeness (QED) is 0.0634. The zero-order valence-electron chi connectivity index (χ0n) is 71.7. The molecule has 0 spiro atoms. The lowest BCUT2D eigenvalue weighted by Gasteiger charge is -2.39. The van der Waals surface area contributed by atoms with E-state index >= 15 is 0 Å². The Kier molecular flexibility index (Phi) is 25.4. The van der Waals surface area contributed by atoms with Gasteiger partial charge in [0.25, 0.3) is 0 Å². The summed E-state index contributed by atoms with van der Waals surface area (Å²) < 4.78 is 1.94. The molecule has 0 unspecified atom stereocenters. The second-order valence-electron chi connectivity index (χ2n) is 35.3. The number of benzene rings is 13. The topological polar surface area (TPSA) is 40.6 Å². The standard InChI is InChI=1S/C67H70B2N2O.C28H33B.C13H8Br2O.H2/c1-41(2)49-37-53(43(5)6)65(54(38-49)44(7)8)68-57-21-13-17-25-61(57)70(62-26-18-14-22-58(62)68)51-33-29-47(30-34-51)67(72)48-31-35-52(36-32-48)71-63-27-19-15-23-59(63)69(60-24-16-20-28-64(60)71)66-55(45(9)10)39-50(42(3)4)40-56(66)46(11)12;1-18(2)23-16-24(19(3)4)28(25(17-23)20(5)6)29-26-13-9-7-11-21(26)15-22-12-8-10-14-27(22)29;14-11-5-1-9(2-6-11)13(16)10-3-7-12(15)8-4-10;/h13-46H,1-12H3;7-14,16-20H,15H2,1-6H3;1-8H;1H/i;;;1+1. The highest BCUT2D eigenvalue weighted by Crippen LogP contribution is 2.41. The lowest BCUT2D eigenvalue weighted by molar-refractivity contribution is 0.103. The van der Waals surface area contributed by atoms with E-state index in [4.69, 9.17) is 0 Å². The molecule has 3 aliphatic heterocycles. The average Bonchev–Trinajstić information content (AvgIpc) is 0.729. The maximum Gasteiger partial charge on any atom is 0.247 e. The van der Waals surface area contributed by atoms with Crippen LogP contribution in [0.2, 0.25) is 0 Å². The first kappa shape index (κ1) is 83.4. The molecule has 0 bridgehead atoms. The molecule has 117 heavy (non-hydrogen) atoms. The van der Waals surface area contributed by atoms with Crippen LogP contribution in [-0.4, -0.2) is 31.7 Å². The van der Waals surface area contributed by atoms with Crippen LogP contribution in [0.5, 0.6) is 0 Å². The summed E-state index contributed by atoms with van der Waals surface area (Å²) in [7, 11) is 0. The smallest absolute Gasteiger partial charge is 0.247 e. The number of halogens is 2. The Labute approximate surface area is 718 Å². The lowest BCUT2D eigenvalue weighted by atomic mass is 9.32. The molecule has 0 fully saturated rings. The molecular weight excluding hydrogens is 1550 g/mol. The van der Waals surface area contributed by atoms with Crippen molar-refractivity contribution in [2.45, 2.75) is 184 Å². The van der Waals surface area contributed by atoms with Gasteiger partial charge in [0.05, 0.1) is 0 Å². The third-order valence-corrected chi connectivity index (χ3v) is 25.5. The summed E-state index contributed by atoms with van der Waals surface area (Å²) in [4.78, 5) is 31.3. The lowest BCUT2D eigenvalue weighted by Crippen LogP contribution is -2.59. The molecule has 0 radical (unpaired) electrons. The molecule has 0 N–H and O–H groups in total. The van der Waals surface area contributed by atoms with Crippen LogP contribution in [0.1, 0.15) is 272 Å². The summed E-state index contributed by atoms with van der Waals surface area (Å²) >= 11 is 6.69. The zero-order chi connectivity index (χ0) is 82.9. The summed E-state index contributed by atoms with van der Waals surface area (Å²) in [6.45, 7) is 42.5. The molecule has 3 aliphatic rings. The van der Waals surface area contributed by atoms with Crippen LogP contribution in [-0.2, 0) is 6.42 Å². The Morgan fingerprint density at radius 2 is 0.470 bits per heavy atom. The minimum Gasteiger partial charge on any atom is -0.312 e. The number of hydrogen-bond donors (Lipinski definition) is 0. The molecule has 0 atom stereocenters. The van der Waals surface area contributed by atoms with Gasteiger partial charge < -0.3 is 9.80 Å². The molecule has 13 aromatic carbocycles. The Morgan fingerprint density at radius 1 is 0.265 bits per heavy atom. The Morgan fingerprint density at radius 3 is 0.701 bits per heavy atom. The van der Waals surface area contributed by atoms with E-state index < -0.39 is 0 Å². The number of hydrogen-bond acceptors (Lipinski definition) is 4. The summed E-state index contributed by atoms with van der Waals surface area (Å²) in [5.41, 5.74) is 38.1. The van der Waals surface area contributed by atoms with E-state index in [0.717, 1.165) is 26.7 Å². The average molecular weight is 1660 g/mol. The fraction of sp³-hybridized carbons (Fsp3) is 0.259. The van der Waals surface area contributed by atoms with E-state index in [2.05, 4.69) is 373 Å². The first-order valence-corrected chi connectivity index (χ1v) is 44.2. The van der Waals surface area contributed by atoms with Crippen molar-refractivity contribution in [1.29, 1.82) is 0 Å². The fourth-order valence-corrected chi connectivity index (χ4v) is 18.8. The molecule has 9 heteroatoms. The van der Waals surface area contributed by atoms with E-state index in [1.807, 2.05) is 72.8 Å². The number of rotatable bonds is 18. The molecule has 0 amide bonds. The number of carbonyl (C=O) groups excluding carboxylic acids is 2. The second kappa shape index (κ2) is 35.6. The second-order valence-corrected chi connectivity index (χ2v) is 37.1. The van der Waals surface area contributed by atoms with Gasteiger partial charge in [-0.05, 0) is 264 Å². The number of anilines is 6. The Bertz CT molecular complexity index is 5290. The van der Waals surface area contributed by atoms with E-state index in [0.29, 0.717) is 82.2 Å². The molecule has 4 nitrogen and oxygen atoms in total. The predicted octanol–water partition coefficient (Wildman–Crippen LogP) is 24.4. The number of ketones is 2. The van der Waals surface area contributed by atoms with E-state index in [1.54, 1.807) is 5.46 Å². The van der Waals surface area contributed by atoms with Crippen LogP contribution in [0.4, 0.5) is 34.1 Å². The maximum atomic E-state index is 14.5. The van der Waals surface area contributed by atoms with Gasteiger partial charge in [-0.3, -0.25) is 9.59 Å². The van der Waals surface area contributed by atoms with Gasteiger partial charge in [0.15, 0.2) is 11.6 Å². The van der Waals surface area contributed by atoms with Gasteiger partial charge in [0.1, 0.15) is 0 Å². The predicted molar refractivity (Wildman–Crippen MR) is 515 cm³/mol. The van der Waals surface area contributed by atoms with Gasteiger partial charge in [-0.2, -0.15) is 0 Å². The van der Waals surface area contributed by atoms with Gasteiger partial charge >= 0.3 is 0 Å². The number of para-hydroxylation sites is 4. The van der Waals surface area contributed by atoms with Crippen molar-refractivity contribution in [3.8, 4) is 0 Å². The monoisotopic (exact) mass is 1660 g/mol. The van der Waals surface area contributed by atoms with Crippen LogP contribution >= 0.6 is 31.9 Å². The van der Waals surface area contributed by atoms with Crippen LogP contribution < -0.4 is 59.0 Å². The molecule has 13 aromatic rings. The molecule has 16 rings (SSSR count). The van der Waals surface area contributed by atoms with Crippen LogP contribution in [0.15, 0.2) is 288 Å². The van der Waals surface area contributed by atoms with Crippen molar-refractivity contribution >= 4 is 147 Å². The van der Waals surface area contributed by atoms with Crippen LogP contribution in [0.3, 0.4) is 0 Å². The van der Waals surface area contributed by atoms with Gasteiger partial charge in [0, 0.05) is 66.8 Å². The van der Waals surface area contributed by atoms with Gasteiger partial charge in [-0.1, -0.05) is 342 Å². The zero-order valence-corrected chi connectivity index (χ0v) is 74.8. The molecule has 0 saturated heterocycles. The summed E-state index contributed by atoms with van der Waals surface area (Å²) in [5, 5.41) is 0. The third-order valence-electron chi connectivity index (χ3n) is 24.5. The minimum absolute atomic E-state index is 0.